The number of nitrogens with one attached hydrogen (secondary N) is 1. The summed E-state index contributed by atoms with van der Waals surface area (Å²) in [6.07, 6.45) is 1.43. The van der Waals surface area contributed by atoms with Crippen LogP contribution in [-0.2, 0) is 9.63 Å². The summed E-state index contributed by atoms with van der Waals surface area (Å²) in [6.45, 7) is 1.86. The minimum Gasteiger partial charge on any atom is -0.382 e. The summed E-state index contributed by atoms with van der Waals surface area (Å²) in [7, 11) is 0. The molecule has 0 unspecified atom stereocenters. The fraction of sp³-hybridized carbons (Fsp3) is 0.158. The van der Waals surface area contributed by atoms with Gasteiger partial charge in [-0.3, -0.25) is 4.79 Å². The molecule has 1 aromatic carbocycles. The number of anilines is 1. The van der Waals surface area contributed by atoms with E-state index in [2.05, 4.69) is 20.6 Å². The maximum absolute atomic E-state index is 12.6. The van der Waals surface area contributed by atoms with Crippen LogP contribution in [0.4, 0.5) is 5.82 Å². The van der Waals surface area contributed by atoms with Crippen LogP contribution in [0.3, 0.4) is 0 Å². The minimum absolute atomic E-state index is 0.267. The van der Waals surface area contributed by atoms with Gasteiger partial charge in [-0.2, -0.15) is 9.78 Å². The Morgan fingerprint density at radius 1 is 1.19 bits per heavy atom. The smallest absolute Gasteiger partial charge is 0.269 e. The monoisotopic (exact) mass is 347 g/mol. The Balaban J connectivity index is 1.49. The van der Waals surface area contributed by atoms with Crippen LogP contribution in [-0.4, -0.2) is 32.5 Å². The largest absolute Gasteiger partial charge is 0.382 e. The van der Waals surface area contributed by atoms with Crippen molar-refractivity contribution in [2.75, 3.05) is 5.32 Å². The van der Waals surface area contributed by atoms with Crippen LogP contribution >= 0.6 is 0 Å². The van der Waals surface area contributed by atoms with Gasteiger partial charge in [0.2, 0.25) is 6.10 Å². The Kier molecular flexibility index (Phi) is 4.18. The number of rotatable bonds is 4. The molecule has 26 heavy (non-hydrogen) atoms. The Morgan fingerprint density at radius 2 is 2.00 bits per heavy atom. The second-order valence-corrected chi connectivity index (χ2v) is 5.96. The number of pyridine rings is 1. The Bertz CT molecular complexity index is 951. The lowest BCUT2D eigenvalue weighted by Crippen LogP contribution is -2.29. The van der Waals surface area contributed by atoms with E-state index in [0.29, 0.717) is 18.1 Å². The van der Waals surface area contributed by atoms with Gasteiger partial charge in [0.25, 0.3) is 5.91 Å². The summed E-state index contributed by atoms with van der Waals surface area (Å²) in [5.74, 6) is 0.907. The van der Waals surface area contributed by atoms with Crippen LogP contribution in [0, 0.1) is 6.92 Å². The number of carbonyl (C=O) groups is 1. The Hall–Kier alpha value is -3.48. The van der Waals surface area contributed by atoms with Gasteiger partial charge in [-0.25, -0.2) is 4.98 Å². The molecular weight excluding hydrogens is 330 g/mol. The third kappa shape index (κ3) is 3.19. The molecule has 0 saturated carbocycles. The number of amides is 1. The third-order valence-corrected chi connectivity index (χ3v) is 4.02. The first-order valence-electron chi connectivity index (χ1n) is 8.28. The van der Waals surface area contributed by atoms with Crippen LogP contribution < -0.4 is 5.32 Å². The van der Waals surface area contributed by atoms with Gasteiger partial charge in [0.05, 0.1) is 11.4 Å². The van der Waals surface area contributed by atoms with E-state index in [1.807, 2.05) is 55.5 Å². The molecule has 0 fully saturated rings. The van der Waals surface area contributed by atoms with Crippen molar-refractivity contribution in [2.24, 2.45) is 5.16 Å². The van der Waals surface area contributed by atoms with E-state index in [4.69, 9.17) is 4.84 Å². The zero-order valence-corrected chi connectivity index (χ0v) is 14.2. The molecule has 1 aliphatic rings. The SMILES string of the molecule is Cc1cc(NC(=O)[C@H]2CC(c3ccccc3)=NO2)n(-c2ccccn2)n1. The van der Waals surface area contributed by atoms with E-state index in [9.17, 15) is 4.79 Å². The third-order valence-electron chi connectivity index (χ3n) is 4.02. The second-order valence-electron chi connectivity index (χ2n) is 5.96. The molecule has 1 aliphatic heterocycles. The van der Waals surface area contributed by atoms with Gasteiger partial charge < -0.3 is 10.2 Å². The van der Waals surface area contributed by atoms with E-state index >= 15 is 0 Å². The molecule has 1 atom stereocenters. The molecule has 0 saturated heterocycles. The molecule has 4 rings (SSSR count). The fourth-order valence-corrected chi connectivity index (χ4v) is 2.77. The maximum Gasteiger partial charge on any atom is 0.269 e. The van der Waals surface area contributed by atoms with Gasteiger partial charge in [0.1, 0.15) is 5.82 Å². The van der Waals surface area contributed by atoms with Crippen molar-refractivity contribution >= 4 is 17.4 Å². The van der Waals surface area contributed by atoms with Crippen LogP contribution in [0.15, 0.2) is 65.9 Å². The lowest BCUT2D eigenvalue weighted by atomic mass is 10.0. The number of benzene rings is 1. The summed E-state index contributed by atoms with van der Waals surface area (Å²) < 4.78 is 1.60. The molecular formula is C19H17N5O2. The van der Waals surface area contributed by atoms with Crippen molar-refractivity contribution in [1.29, 1.82) is 0 Å². The number of nitrogens with zero attached hydrogens (tertiary/aromatic N) is 4. The standard InChI is InChI=1S/C19H17N5O2/c1-13-11-18(24(22-13)17-9-5-6-10-20-17)21-19(25)16-12-15(23-26-16)14-7-3-2-4-8-14/h2-11,16H,12H2,1H3,(H,21,25)/t16-/m1/s1. The van der Waals surface area contributed by atoms with Crippen molar-refractivity contribution in [1.82, 2.24) is 14.8 Å². The zero-order chi connectivity index (χ0) is 17.9. The molecule has 3 heterocycles. The Morgan fingerprint density at radius 3 is 2.77 bits per heavy atom. The minimum atomic E-state index is -0.669. The number of hydrogen-bond donors (Lipinski definition) is 1. The first-order valence-corrected chi connectivity index (χ1v) is 8.28. The molecule has 0 spiro atoms. The van der Waals surface area contributed by atoms with Crippen molar-refractivity contribution in [3.8, 4) is 5.82 Å². The normalized spacial score (nSPS) is 16.0. The summed E-state index contributed by atoms with van der Waals surface area (Å²) in [5, 5.41) is 11.3. The quantitative estimate of drug-likeness (QED) is 0.787. The highest BCUT2D eigenvalue weighted by Gasteiger charge is 2.29. The average molecular weight is 347 g/mol. The van der Waals surface area contributed by atoms with Crippen LogP contribution in [0.1, 0.15) is 17.7 Å². The van der Waals surface area contributed by atoms with E-state index < -0.39 is 6.10 Å². The van der Waals surface area contributed by atoms with Gasteiger partial charge >= 0.3 is 0 Å². The lowest BCUT2D eigenvalue weighted by molar-refractivity contribution is -0.125. The fourth-order valence-electron chi connectivity index (χ4n) is 2.77. The van der Waals surface area contributed by atoms with E-state index in [-0.39, 0.29) is 5.91 Å². The molecule has 0 aliphatic carbocycles. The molecule has 2 aromatic heterocycles. The van der Waals surface area contributed by atoms with E-state index in [1.165, 1.54) is 0 Å². The molecule has 7 heteroatoms. The Labute approximate surface area is 150 Å². The van der Waals surface area contributed by atoms with Gasteiger partial charge in [-0.05, 0) is 24.6 Å². The summed E-state index contributed by atoms with van der Waals surface area (Å²) in [4.78, 5) is 22.2. The topological polar surface area (TPSA) is 81.4 Å². The molecule has 130 valence electrons. The zero-order valence-electron chi connectivity index (χ0n) is 14.2. The predicted octanol–water partition coefficient (Wildman–Crippen LogP) is 2.71. The molecule has 0 bridgehead atoms. The molecule has 1 N–H and O–H groups in total. The van der Waals surface area contributed by atoms with Crippen LogP contribution in [0.2, 0.25) is 0 Å². The molecule has 1 amide bonds. The van der Waals surface area contributed by atoms with Gasteiger partial charge in [0, 0.05) is 18.7 Å². The second kappa shape index (κ2) is 6.79. The van der Waals surface area contributed by atoms with E-state index in [1.54, 1.807) is 16.9 Å². The van der Waals surface area contributed by atoms with Crippen molar-refractivity contribution in [3.63, 3.8) is 0 Å². The highest BCUT2D eigenvalue weighted by Crippen LogP contribution is 2.20. The van der Waals surface area contributed by atoms with Gasteiger partial charge in [-0.1, -0.05) is 41.6 Å². The maximum atomic E-state index is 12.6. The predicted molar refractivity (Wildman–Crippen MR) is 97.2 cm³/mol. The highest BCUT2D eigenvalue weighted by atomic mass is 16.6. The number of hydrogen-bond acceptors (Lipinski definition) is 5. The molecule has 7 nitrogen and oxygen atoms in total. The van der Waals surface area contributed by atoms with Crippen molar-refractivity contribution in [3.05, 3.63) is 72.1 Å². The molecule has 3 aromatic rings. The first-order chi connectivity index (χ1) is 12.7. The average Bonchev–Trinajstić information content (AvgIpc) is 3.30. The number of aromatic nitrogens is 3. The molecule has 0 radical (unpaired) electrons. The van der Waals surface area contributed by atoms with E-state index in [0.717, 1.165) is 17.0 Å². The van der Waals surface area contributed by atoms with Gasteiger partial charge in [-0.15, -0.1) is 0 Å². The first kappa shape index (κ1) is 16.0. The van der Waals surface area contributed by atoms with Crippen molar-refractivity contribution in [2.45, 2.75) is 19.4 Å². The highest BCUT2D eigenvalue weighted by molar-refractivity contribution is 6.06. The summed E-state index contributed by atoms with van der Waals surface area (Å²) >= 11 is 0. The number of oxime groups is 1. The number of aryl methyl sites for hydroxylation is 1. The summed E-state index contributed by atoms with van der Waals surface area (Å²) in [5.41, 5.74) is 2.50. The van der Waals surface area contributed by atoms with Gasteiger partial charge in [0.15, 0.2) is 5.82 Å². The van der Waals surface area contributed by atoms with Crippen LogP contribution in [0.25, 0.3) is 5.82 Å². The van der Waals surface area contributed by atoms with Crippen LogP contribution in [0.5, 0.6) is 0 Å². The van der Waals surface area contributed by atoms with Crippen molar-refractivity contribution < 1.29 is 9.63 Å². The lowest BCUT2D eigenvalue weighted by Gasteiger charge is -2.11. The number of carbonyl (C=O) groups excluding carboxylic acids is 1. The summed E-state index contributed by atoms with van der Waals surface area (Å²) in [6, 6.07) is 17.0.